The van der Waals surface area contributed by atoms with Gasteiger partial charge in [-0.05, 0) is 25.1 Å². The first-order valence-electron chi connectivity index (χ1n) is 6.48. The SMILES string of the molecule is CC(C(=O)O)c1c(O)c2cccc(F)c2[n+]2ccccc12.[Cl-]. The molecule has 0 aliphatic carbocycles. The third-order valence-corrected chi connectivity index (χ3v) is 3.68. The van der Waals surface area contributed by atoms with Crippen molar-refractivity contribution in [2.45, 2.75) is 12.8 Å². The summed E-state index contributed by atoms with van der Waals surface area (Å²) in [5.74, 6) is -2.62. The minimum absolute atomic E-state index is 0. The number of aliphatic carboxylic acids is 1. The molecule has 0 spiro atoms. The van der Waals surface area contributed by atoms with Crippen molar-refractivity contribution >= 4 is 22.4 Å². The van der Waals surface area contributed by atoms with E-state index in [0.29, 0.717) is 10.9 Å². The van der Waals surface area contributed by atoms with Crippen LogP contribution < -0.4 is 16.8 Å². The summed E-state index contributed by atoms with van der Waals surface area (Å²) in [5.41, 5.74) is 0.982. The topological polar surface area (TPSA) is 61.6 Å². The maximum atomic E-state index is 14.1. The average Bonchev–Trinajstić information content (AvgIpc) is 2.47. The van der Waals surface area contributed by atoms with Crippen molar-refractivity contribution in [3.63, 3.8) is 0 Å². The first-order valence-corrected chi connectivity index (χ1v) is 6.48. The van der Waals surface area contributed by atoms with Crippen molar-refractivity contribution < 1.29 is 36.2 Å². The number of carbonyl (C=O) groups is 1. The number of carboxylic acid groups (broad SMARTS) is 1. The number of aromatic nitrogens is 1. The van der Waals surface area contributed by atoms with Gasteiger partial charge in [0.2, 0.25) is 5.52 Å². The molecule has 1 unspecified atom stereocenters. The summed E-state index contributed by atoms with van der Waals surface area (Å²) in [6, 6.07) is 9.49. The van der Waals surface area contributed by atoms with Gasteiger partial charge in [0, 0.05) is 12.1 Å². The molecule has 0 aliphatic rings. The lowest BCUT2D eigenvalue weighted by atomic mass is 9.96. The highest BCUT2D eigenvalue weighted by molar-refractivity contribution is 5.90. The van der Waals surface area contributed by atoms with Crippen LogP contribution in [0.2, 0.25) is 0 Å². The standard InChI is InChI=1S/C16H12FNO3.ClH/c1-9(16(20)21)13-12-7-2-3-8-18(12)14-10(15(13)19)5-4-6-11(14)17;/h2-9H,1H3,(H,20,21);1H. The number of hydrogen-bond acceptors (Lipinski definition) is 2. The summed E-state index contributed by atoms with van der Waals surface area (Å²) in [7, 11) is 0. The Balaban J connectivity index is 0.00000176. The molecule has 2 aromatic heterocycles. The molecule has 1 atom stereocenters. The van der Waals surface area contributed by atoms with Crippen LogP contribution in [0.1, 0.15) is 18.4 Å². The molecule has 0 bridgehead atoms. The number of halogens is 2. The van der Waals surface area contributed by atoms with Crippen LogP contribution >= 0.6 is 0 Å². The van der Waals surface area contributed by atoms with Crippen LogP contribution in [0.15, 0.2) is 42.6 Å². The molecular weight excluding hydrogens is 309 g/mol. The minimum atomic E-state index is -1.05. The first kappa shape index (κ1) is 16.0. The van der Waals surface area contributed by atoms with E-state index in [1.54, 1.807) is 34.9 Å². The molecular formula is C16H13ClFNO3. The Morgan fingerprint density at radius 2 is 1.95 bits per heavy atom. The summed E-state index contributed by atoms with van der Waals surface area (Å²) < 4.78 is 15.7. The lowest BCUT2D eigenvalue weighted by Gasteiger charge is -2.11. The van der Waals surface area contributed by atoms with Crippen molar-refractivity contribution in [3.05, 3.63) is 54.0 Å². The molecule has 1 aromatic carbocycles. The Labute approximate surface area is 131 Å². The van der Waals surface area contributed by atoms with Gasteiger partial charge in [-0.1, -0.05) is 6.07 Å². The maximum absolute atomic E-state index is 14.1. The van der Waals surface area contributed by atoms with Gasteiger partial charge in [-0.2, -0.15) is 8.79 Å². The monoisotopic (exact) mass is 321 g/mol. The van der Waals surface area contributed by atoms with E-state index in [-0.39, 0.29) is 29.2 Å². The summed E-state index contributed by atoms with van der Waals surface area (Å²) in [6.07, 6.45) is 1.65. The number of aromatic hydroxyl groups is 1. The highest BCUT2D eigenvalue weighted by Crippen LogP contribution is 2.35. The van der Waals surface area contributed by atoms with Gasteiger partial charge in [0.05, 0.1) is 16.9 Å². The molecule has 0 saturated carbocycles. The summed E-state index contributed by atoms with van der Waals surface area (Å²) in [5, 5.41) is 20.0. The number of rotatable bonds is 2. The van der Waals surface area contributed by atoms with E-state index in [9.17, 15) is 19.4 Å². The van der Waals surface area contributed by atoms with E-state index >= 15 is 0 Å². The third-order valence-electron chi connectivity index (χ3n) is 3.68. The van der Waals surface area contributed by atoms with Crippen LogP contribution in [-0.2, 0) is 4.79 Å². The van der Waals surface area contributed by atoms with Crippen LogP contribution in [0.25, 0.3) is 16.4 Å². The maximum Gasteiger partial charge on any atom is 0.311 e. The molecule has 3 rings (SSSR count). The fourth-order valence-corrected chi connectivity index (χ4v) is 2.63. The normalized spacial score (nSPS) is 12.1. The van der Waals surface area contributed by atoms with Gasteiger partial charge < -0.3 is 22.6 Å². The molecule has 114 valence electrons. The third kappa shape index (κ3) is 2.23. The van der Waals surface area contributed by atoms with Crippen LogP contribution in [-0.4, -0.2) is 16.2 Å². The molecule has 0 saturated heterocycles. The fraction of sp³-hybridized carbons (Fsp3) is 0.125. The summed E-state index contributed by atoms with van der Waals surface area (Å²) >= 11 is 0. The Hall–Kier alpha value is -2.40. The molecule has 2 heterocycles. The van der Waals surface area contributed by atoms with E-state index in [0.717, 1.165) is 0 Å². The number of fused-ring (bicyclic) bond motifs is 3. The van der Waals surface area contributed by atoms with E-state index in [1.807, 2.05) is 0 Å². The average molecular weight is 322 g/mol. The van der Waals surface area contributed by atoms with Crippen molar-refractivity contribution in [1.29, 1.82) is 0 Å². The molecule has 0 amide bonds. The molecule has 0 radical (unpaired) electrons. The molecule has 0 aliphatic heterocycles. The zero-order chi connectivity index (χ0) is 15.1. The van der Waals surface area contributed by atoms with Gasteiger partial charge in [0.1, 0.15) is 5.75 Å². The molecule has 2 N–H and O–H groups in total. The number of pyridine rings is 2. The van der Waals surface area contributed by atoms with E-state index < -0.39 is 17.7 Å². The quantitative estimate of drug-likeness (QED) is 0.499. The molecule has 0 fully saturated rings. The van der Waals surface area contributed by atoms with Crippen LogP contribution in [0.4, 0.5) is 4.39 Å². The van der Waals surface area contributed by atoms with Gasteiger partial charge in [0.15, 0.2) is 12.0 Å². The van der Waals surface area contributed by atoms with Crippen LogP contribution in [0, 0.1) is 5.82 Å². The van der Waals surface area contributed by atoms with Gasteiger partial charge in [-0.25, -0.2) is 0 Å². The lowest BCUT2D eigenvalue weighted by Crippen LogP contribution is -3.00. The van der Waals surface area contributed by atoms with Crippen molar-refractivity contribution in [1.82, 2.24) is 0 Å². The zero-order valence-corrected chi connectivity index (χ0v) is 12.4. The van der Waals surface area contributed by atoms with Crippen LogP contribution in [0.5, 0.6) is 5.75 Å². The van der Waals surface area contributed by atoms with Crippen molar-refractivity contribution in [3.8, 4) is 5.75 Å². The number of hydrogen-bond donors (Lipinski definition) is 2. The fourth-order valence-electron chi connectivity index (χ4n) is 2.63. The number of benzene rings is 1. The van der Waals surface area contributed by atoms with E-state index in [2.05, 4.69) is 0 Å². The highest BCUT2D eigenvalue weighted by Gasteiger charge is 2.29. The van der Waals surface area contributed by atoms with Gasteiger partial charge in [0.25, 0.3) is 5.52 Å². The van der Waals surface area contributed by atoms with Gasteiger partial charge in [-0.3, -0.25) is 4.79 Å². The number of nitrogens with zero attached hydrogens (tertiary/aromatic N) is 1. The second-order valence-corrected chi connectivity index (χ2v) is 4.91. The Bertz CT molecular complexity index is 882. The predicted molar refractivity (Wildman–Crippen MR) is 74.8 cm³/mol. The first-order chi connectivity index (χ1) is 10.0. The van der Waals surface area contributed by atoms with E-state index in [1.165, 1.54) is 19.1 Å². The van der Waals surface area contributed by atoms with E-state index in [4.69, 9.17) is 0 Å². The molecule has 22 heavy (non-hydrogen) atoms. The molecule has 4 nitrogen and oxygen atoms in total. The van der Waals surface area contributed by atoms with Gasteiger partial charge in [-0.15, -0.1) is 0 Å². The smallest absolute Gasteiger partial charge is 0.311 e. The van der Waals surface area contributed by atoms with Crippen LogP contribution in [0.3, 0.4) is 0 Å². The summed E-state index contributed by atoms with van der Waals surface area (Å²) in [6.45, 7) is 1.50. The minimum Gasteiger partial charge on any atom is -1.00 e. The number of para-hydroxylation sites is 1. The lowest BCUT2D eigenvalue weighted by molar-refractivity contribution is -0.483. The molecule has 3 aromatic rings. The second-order valence-electron chi connectivity index (χ2n) is 4.91. The highest BCUT2D eigenvalue weighted by atomic mass is 35.5. The largest absolute Gasteiger partial charge is 1.00 e. The van der Waals surface area contributed by atoms with Crippen molar-refractivity contribution in [2.75, 3.05) is 0 Å². The molecule has 6 heteroatoms. The number of carboxylic acids is 1. The van der Waals surface area contributed by atoms with Crippen molar-refractivity contribution in [2.24, 2.45) is 0 Å². The Kier molecular flexibility index (Phi) is 4.19. The Morgan fingerprint density at radius 3 is 2.64 bits per heavy atom. The van der Waals surface area contributed by atoms with Gasteiger partial charge >= 0.3 is 5.97 Å². The zero-order valence-electron chi connectivity index (χ0n) is 11.6. The second kappa shape index (κ2) is 5.77. The Morgan fingerprint density at radius 1 is 1.23 bits per heavy atom. The summed E-state index contributed by atoms with van der Waals surface area (Å²) in [4.78, 5) is 11.3. The predicted octanol–water partition coefficient (Wildman–Crippen LogP) is -0.385.